The number of hydrogen-bond acceptors (Lipinski definition) is 2. The van der Waals surface area contributed by atoms with Gasteiger partial charge in [-0.1, -0.05) is 6.92 Å². The van der Waals surface area contributed by atoms with Gasteiger partial charge in [0.05, 0.1) is 0 Å². The quantitative estimate of drug-likeness (QED) is 0.566. The fraction of sp³-hybridized carbons (Fsp3) is 1.00. The molecule has 0 saturated carbocycles. The molecule has 0 aromatic carbocycles. The first-order valence-corrected chi connectivity index (χ1v) is 5.05. The van der Waals surface area contributed by atoms with E-state index in [4.69, 9.17) is 8.85 Å². The molecule has 1 atom stereocenters. The second-order valence-electron chi connectivity index (χ2n) is 2.72. The normalized spacial score (nSPS) is 15.3. The van der Waals surface area contributed by atoms with Gasteiger partial charge >= 0.3 is 10.0 Å². The summed E-state index contributed by atoms with van der Waals surface area (Å²) < 4.78 is 10.7. The molecule has 0 N–H and O–H groups in total. The minimum absolute atomic E-state index is 0.329. The van der Waals surface area contributed by atoms with Gasteiger partial charge < -0.3 is 8.85 Å². The molecule has 3 heteroatoms. The standard InChI is InChI=1S/C7H18O2Si/c1-5-7(4)9-10-8-6(2)3/h6-7H,5,10H2,1-4H3. The van der Waals surface area contributed by atoms with E-state index in [2.05, 4.69) is 13.8 Å². The Morgan fingerprint density at radius 3 is 2.20 bits per heavy atom. The van der Waals surface area contributed by atoms with Crippen molar-refractivity contribution in [1.82, 2.24) is 0 Å². The molecule has 0 amide bonds. The molecule has 0 saturated heterocycles. The van der Waals surface area contributed by atoms with Crippen molar-refractivity contribution in [2.75, 3.05) is 0 Å². The van der Waals surface area contributed by atoms with Crippen LogP contribution in [0.5, 0.6) is 0 Å². The zero-order valence-corrected chi connectivity index (χ0v) is 8.80. The molecular formula is C7H18O2Si. The summed E-state index contributed by atoms with van der Waals surface area (Å²) >= 11 is 0. The lowest BCUT2D eigenvalue weighted by molar-refractivity contribution is 0.140. The van der Waals surface area contributed by atoms with E-state index in [9.17, 15) is 0 Å². The largest absolute Gasteiger partial charge is 0.396 e. The first-order valence-electron chi connectivity index (χ1n) is 3.90. The summed E-state index contributed by atoms with van der Waals surface area (Å²) in [7, 11) is -0.695. The highest BCUT2D eigenvalue weighted by Crippen LogP contribution is 1.95. The lowest BCUT2D eigenvalue weighted by Crippen LogP contribution is -2.16. The maximum atomic E-state index is 5.42. The molecular weight excluding hydrogens is 144 g/mol. The molecule has 0 aliphatic rings. The van der Waals surface area contributed by atoms with Crippen molar-refractivity contribution in [1.29, 1.82) is 0 Å². The van der Waals surface area contributed by atoms with Crippen LogP contribution < -0.4 is 0 Å². The fourth-order valence-corrected chi connectivity index (χ4v) is 1.23. The van der Waals surface area contributed by atoms with Gasteiger partial charge in [-0.3, -0.25) is 0 Å². The Morgan fingerprint density at radius 2 is 1.80 bits per heavy atom. The van der Waals surface area contributed by atoms with Crippen LogP contribution in [0.4, 0.5) is 0 Å². The van der Waals surface area contributed by atoms with Crippen molar-refractivity contribution < 1.29 is 8.85 Å². The van der Waals surface area contributed by atoms with E-state index in [1.54, 1.807) is 0 Å². The van der Waals surface area contributed by atoms with Gasteiger partial charge in [0.1, 0.15) is 0 Å². The van der Waals surface area contributed by atoms with E-state index in [0.717, 1.165) is 6.42 Å². The van der Waals surface area contributed by atoms with Crippen LogP contribution in [0.2, 0.25) is 0 Å². The molecule has 0 rings (SSSR count). The van der Waals surface area contributed by atoms with Crippen molar-refractivity contribution in [2.45, 2.75) is 46.3 Å². The lowest BCUT2D eigenvalue weighted by Gasteiger charge is -2.12. The molecule has 0 aliphatic carbocycles. The first kappa shape index (κ1) is 10.1. The Bertz CT molecular complexity index is 76.0. The van der Waals surface area contributed by atoms with Gasteiger partial charge in [-0.2, -0.15) is 0 Å². The Balaban J connectivity index is 3.03. The van der Waals surface area contributed by atoms with Crippen molar-refractivity contribution in [3.63, 3.8) is 0 Å². The van der Waals surface area contributed by atoms with Gasteiger partial charge in [0.25, 0.3) is 0 Å². The molecule has 0 spiro atoms. The van der Waals surface area contributed by atoms with E-state index in [1.165, 1.54) is 0 Å². The van der Waals surface area contributed by atoms with Gasteiger partial charge in [0.15, 0.2) is 0 Å². The Labute approximate surface area is 66.0 Å². The summed E-state index contributed by atoms with van der Waals surface area (Å²) in [6.45, 7) is 8.27. The second-order valence-corrected chi connectivity index (χ2v) is 3.62. The molecule has 0 fully saturated rings. The fourth-order valence-electron chi connectivity index (χ4n) is 0.409. The molecule has 2 nitrogen and oxygen atoms in total. The van der Waals surface area contributed by atoms with E-state index in [-0.39, 0.29) is 0 Å². The van der Waals surface area contributed by atoms with Gasteiger partial charge in [0, 0.05) is 12.2 Å². The van der Waals surface area contributed by atoms with E-state index in [1.807, 2.05) is 13.8 Å². The third-order valence-corrected chi connectivity index (χ3v) is 2.84. The van der Waals surface area contributed by atoms with Crippen LogP contribution in [0.3, 0.4) is 0 Å². The summed E-state index contributed by atoms with van der Waals surface area (Å²) in [4.78, 5) is 0. The summed E-state index contributed by atoms with van der Waals surface area (Å²) in [6.07, 6.45) is 1.79. The molecule has 0 aromatic rings. The minimum atomic E-state index is -0.695. The minimum Gasteiger partial charge on any atom is -0.396 e. The topological polar surface area (TPSA) is 18.5 Å². The Hall–Kier alpha value is 0.137. The van der Waals surface area contributed by atoms with E-state index in [0.29, 0.717) is 12.2 Å². The van der Waals surface area contributed by atoms with Crippen molar-refractivity contribution in [2.24, 2.45) is 0 Å². The van der Waals surface area contributed by atoms with Crippen molar-refractivity contribution in [3.05, 3.63) is 0 Å². The van der Waals surface area contributed by atoms with Crippen LogP contribution in [0.1, 0.15) is 34.1 Å². The van der Waals surface area contributed by atoms with Crippen molar-refractivity contribution in [3.8, 4) is 0 Å². The summed E-state index contributed by atoms with van der Waals surface area (Å²) in [5.74, 6) is 0. The van der Waals surface area contributed by atoms with Gasteiger partial charge in [0.2, 0.25) is 0 Å². The zero-order chi connectivity index (χ0) is 7.98. The van der Waals surface area contributed by atoms with E-state index < -0.39 is 10.0 Å². The first-order chi connectivity index (χ1) is 4.66. The molecule has 10 heavy (non-hydrogen) atoms. The SMILES string of the molecule is CCC(C)O[SiH2]OC(C)C. The average molecular weight is 162 g/mol. The molecule has 0 heterocycles. The van der Waals surface area contributed by atoms with Crippen LogP contribution in [-0.4, -0.2) is 22.2 Å². The Kier molecular flexibility index (Phi) is 5.97. The molecule has 0 bridgehead atoms. The maximum Gasteiger partial charge on any atom is 0.304 e. The zero-order valence-electron chi connectivity index (χ0n) is 7.39. The predicted molar refractivity (Wildman–Crippen MR) is 45.6 cm³/mol. The summed E-state index contributed by atoms with van der Waals surface area (Å²) in [5.41, 5.74) is 0. The van der Waals surface area contributed by atoms with Crippen LogP contribution in [0.15, 0.2) is 0 Å². The Morgan fingerprint density at radius 1 is 1.20 bits per heavy atom. The highest BCUT2D eigenvalue weighted by Gasteiger charge is 1.98. The second kappa shape index (κ2) is 5.89. The average Bonchev–Trinajstić information content (AvgIpc) is 1.87. The lowest BCUT2D eigenvalue weighted by atomic mass is 10.3. The van der Waals surface area contributed by atoms with Crippen LogP contribution in [0, 0.1) is 0 Å². The maximum absolute atomic E-state index is 5.42. The van der Waals surface area contributed by atoms with Crippen LogP contribution >= 0.6 is 0 Å². The van der Waals surface area contributed by atoms with Crippen LogP contribution in [-0.2, 0) is 8.85 Å². The molecule has 0 radical (unpaired) electrons. The monoisotopic (exact) mass is 162 g/mol. The van der Waals surface area contributed by atoms with Gasteiger partial charge in [-0.25, -0.2) is 0 Å². The predicted octanol–water partition coefficient (Wildman–Crippen LogP) is 1.23. The van der Waals surface area contributed by atoms with Gasteiger partial charge in [-0.05, 0) is 27.2 Å². The van der Waals surface area contributed by atoms with E-state index >= 15 is 0 Å². The third-order valence-electron chi connectivity index (χ3n) is 1.33. The van der Waals surface area contributed by atoms with Crippen molar-refractivity contribution >= 4 is 10.0 Å². The number of rotatable bonds is 5. The van der Waals surface area contributed by atoms with Crippen LogP contribution in [0.25, 0.3) is 0 Å². The smallest absolute Gasteiger partial charge is 0.304 e. The molecule has 62 valence electrons. The summed E-state index contributed by atoms with van der Waals surface area (Å²) in [6, 6.07) is 0. The highest BCUT2D eigenvalue weighted by molar-refractivity contribution is 6.18. The highest BCUT2D eigenvalue weighted by atomic mass is 28.3. The summed E-state index contributed by atoms with van der Waals surface area (Å²) in [5, 5.41) is 0. The third kappa shape index (κ3) is 6.26. The molecule has 1 unspecified atom stereocenters. The molecule has 0 aromatic heterocycles. The molecule has 0 aliphatic heterocycles. The van der Waals surface area contributed by atoms with Gasteiger partial charge in [-0.15, -0.1) is 0 Å². The number of hydrogen-bond donors (Lipinski definition) is 0.